The quantitative estimate of drug-likeness (QED) is 0.734. The van der Waals surface area contributed by atoms with E-state index >= 15 is 0 Å². The van der Waals surface area contributed by atoms with Gasteiger partial charge in [-0.1, -0.05) is 32.4 Å². The molecule has 0 amide bonds. The zero-order chi connectivity index (χ0) is 14.5. The Hall–Kier alpha value is -0.470. The van der Waals surface area contributed by atoms with Gasteiger partial charge in [0, 0.05) is 22.7 Å². The molecule has 0 fully saturated rings. The fourth-order valence-corrected chi connectivity index (χ4v) is 2.85. The molecule has 1 aromatic rings. The molecule has 1 unspecified atom stereocenters. The smallest absolute Gasteiger partial charge is 0.0210 e. The molecule has 0 aliphatic rings. The highest BCUT2D eigenvalue weighted by Gasteiger charge is 2.09. The predicted octanol–water partition coefficient (Wildman–Crippen LogP) is 5.02. The fraction of sp³-hybridized carbons (Fsp3) is 0.647. The number of hydrogen-bond acceptors (Lipinski definition) is 2. The Labute approximate surface area is 123 Å². The molecule has 108 valence electrons. The van der Waals surface area contributed by atoms with Crippen LogP contribution in [0.4, 0.5) is 0 Å². The zero-order valence-electron chi connectivity index (χ0n) is 13.3. The van der Waals surface area contributed by atoms with Crippen LogP contribution in [0.15, 0.2) is 23.1 Å². The second-order valence-electron chi connectivity index (χ2n) is 6.53. The van der Waals surface area contributed by atoms with Gasteiger partial charge in [0.2, 0.25) is 0 Å². The van der Waals surface area contributed by atoms with E-state index in [1.165, 1.54) is 28.2 Å². The van der Waals surface area contributed by atoms with Gasteiger partial charge < -0.3 is 5.32 Å². The van der Waals surface area contributed by atoms with Crippen LogP contribution in [0.2, 0.25) is 0 Å². The Morgan fingerprint density at radius 1 is 1.26 bits per heavy atom. The molecule has 19 heavy (non-hydrogen) atoms. The van der Waals surface area contributed by atoms with Gasteiger partial charge in [-0.3, -0.25) is 0 Å². The second kappa shape index (κ2) is 7.35. The average molecular weight is 279 g/mol. The van der Waals surface area contributed by atoms with E-state index in [1.807, 2.05) is 11.8 Å². The molecule has 0 spiro atoms. The van der Waals surface area contributed by atoms with Crippen molar-refractivity contribution in [1.82, 2.24) is 5.32 Å². The molecular weight excluding hydrogens is 250 g/mol. The third kappa shape index (κ3) is 6.49. The molecule has 1 atom stereocenters. The lowest BCUT2D eigenvalue weighted by Gasteiger charge is -2.21. The van der Waals surface area contributed by atoms with E-state index in [-0.39, 0.29) is 5.54 Å². The summed E-state index contributed by atoms with van der Waals surface area (Å²) < 4.78 is 0. The van der Waals surface area contributed by atoms with Crippen LogP contribution in [-0.4, -0.2) is 11.3 Å². The fourth-order valence-electron chi connectivity index (χ4n) is 1.70. The molecule has 0 heterocycles. The predicted molar refractivity (Wildman–Crippen MR) is 88.0 cm³/mol. The van der Waals surface area contributed by atoms with Gasteiger partial charge in [-0.2, -0.15) is 0 Å². The summed E-state index contributed by atoms with van der Waals surface area (Å²) in [4.78, 5) is 1.43. The van der Waals surface area contributed by atoms with E-state index in [0.717, 1.165) is 12.5 Å². The largest absolute Gasteiger partial charge is 0.308 e. The van der Waals surface area contributed by atoms with Gasteiger partial charge in [-0.05, 0) is 50.8 Å². The molecule has 0 radical (unpaired) electrons. The third-order valence-corrected chi connectivity index (χ3v) is 4.79. The highest BCUT2D eigenvalue weighted by atomic mass is 32.2. The summed E-state index contributed by atoms with van der Waals surface area (Å²) in [7, 11) is 0. The summed E-state index contributed by atoms with van der Waals surface area (Å²) in [5, 5.41) is 3.54. The number of hydrogen-bond donors (Lipinski definition) is 1. The molecule has 2 heteroatoms. The summed E-state index contributed by atoms with van der Waals surface area (Å²) in [5.74, 6) is 2.02. The maximum absolute atomic E-state index is 3.54. The van der Waals surface area contributed by atoms with Crippen LogP contribution in [0.25, 0.3) is 0 Å². The maximum Gasteiger partial charge on any atom is 0.0210 e. The molecule has 0 saturated carbocycles. The maximum atomic E-state index is 3.54. The summed E-state index contributed by atoms with van der Waals surface area (Å²) in [6.07, 6.45) is 1.26. The molecule has 1 aromatic carbocycles. The average Bonchev–Trinajstić information content (AvgIpc) is 2.34. The lowest BCUT2D eigenvalue weighted by Crippen LogP contribution is -2.35. The zero-order valence-corrected chi connectivity index (χ0v) is 14.2. The molecule has 1 N–H and O–H groups in total. The Morgan fingerprint density at radius 3 is 2.47 bits per heavy atom. The number of rotatable bonds is 6. The normalized spacial score (nSPS) is 13.6. The first-order chi connectivity index (χ1) is 8.81. The topological polar surface area (TPSA) is 12.0 Å². The Kier molecular flexibility index (Phi) is 6.41. The van der Waals surface area contributed by atoms with E-state index in [4.69, 9.17) is 0 Å². The first-order valence-corrected chi connectivity index (χ1v) is 8.27. The van der Waals surface area contributed by atoms with E-state index in [0.29, 0.717) is 0 Å². The van der Waals surface area contributed by atoms with Crippen LogP contribution < -0.4 is 5.32 Å². The summed E-state index contributed by atoms with van der Waals surface area (Å²) in [6.45, 7) is 14.4. The minimum atomic E-state index is 0.178. The minimum Gasteiger partial charge on any atom is -0.308 e. The first-order valence-electron chi connectivity index (χ1n) is 7.29. The van der Waals surface area contributed by atoms with E-state index in [2.05, 4.69) is 65.1 Å². The summed E-state index contributed by atoms with van der Waals surface area (Å²) in [6, 6.07) is 6.85. The second-order valence-corrected chi connectivity index (χ2v) is 7.59. The third-order valence-electron chi connectivity index (χ3n) is 3.28. The van der Waals surface area contributed by atoms with Crippen LogP contribution in [-0.2, 0) is 6.54 Å². The molecule has 0 aliphatic heterocycles. The van der Waals surface area contributed by atoms with E-state index in [1.54, 1.807) is 0 Å². The van der Waals surface area contributed by atoms with E-state index < -0.39 is 0 Å². The standard InChI is InChI=1S/C17H29NS/c1-7-13(2)12-19-16-9-8-15(10-14(16)3)11-18-17(4,5)6/h8-10,13,18H,7,11-12H2,1-6H3. The van der Waals surface area contributed by atoms with Gasteiger partial charge in [-0.15, -0.1) is 11.8 Å². The van der Waals surface area contributed by atoms with Crippen molar-refractivity contribution in [1.29, 1.82) is 0 Å². The molecule has 0 aliphatic carbocycles. The van der Waals surface area contributed by atoms with Crippen LogP contribution in [0.1, 0.15) is 52.2 Å². The van der Waals surface area contributed by atoms with Crippen LogP contribution in [0, 0.1) is 12.8 Å². The monoisotopic (exact) mass is 279 g/mol. The van der Waals surface area contributed by atoms with Crippen LogP contribution >= 0.6 is 11.8 Å². The molecule has 0 saturated heterocycles. The van der Waals surface area contributed by atoms with Crippen molar-refractivity contribution < 1.29 is 0 Å². The molecule has 0 aromatic heterocycles. The SMILES string of the molecule is CCC(C)CSc1ccc(CNC(C)(C)C)cc1C. The highest BCUT2D eigenvalue weighted by Crippen LogP contribution is 2.26. The van der Waals surface area contributed by atoms with Gasteiger partial charge in [0.15, 0.2) is 0 Å². The van der Waals surface area contributed by atoms with E-state index in [9.17, 15) is 0 Å². The molecule has 0 bridgehead atoms. The molecular formula is C17H29NS. The summed E-state index contributed by atoms with van der Waals surface area (Å²) in [5.41, 5.74) is 2.96. The van der Waals surface area contributed by atoms with Crippen molar-refractivity contribution >= 4 is 11.8 Å². The van der Waals surface area contributed by atoms with Gasteiger partial charge >= 0.3 is 0 Å². The number of thioether (sulfide) groups is 1. The first kappa shape index (κ1) is 16.6. The van der Waals surface area contributed by atoms with Crippen molar-refractivity contribution in [2.75, 3.05) is 5.75 Å². The Bertz CT molecular complexity index is 393. The van der Waals surface area contributed by atoms with Crippen molar-refractivity contribution in [2.45, 2.75) is 64.9 Å². The highest BCUT2D eigenvalue weighted by molar-refractivity contribution is 7.99. The lowest BCUT2D eigenvalue weighted by atomic mass is 10.1. The van der Waals surface area contributed by atoms with Crippen molar-refractivity contribution in [3.63, 3.8) is 0 Å². The molecule has 1 rings (SSSR count). The van der Waals surface area contributed by atoms with Gasteiger partial charge in [0.1, 0.15) is 0 Å². The van der Waals surface area contributed by atoms with Crippen LogP contribution in [0.3, 0.4) is 0 Å². The van der Waals surface area contributed by atoms with Gasteiger partial charge in [0.25, 0.3) is 0 Å². The van der Waals surface area contributed by atoms with Gasteiger partial charge in [0.05, 0.1) is 0 Å². The number of aryl methyl sites for hydroxylation is 1. The number of benzene rings is 1. The van der Waals surface area contributed by atoms with Crippen molar-refractivity contribution in [2.24, 2.45) is 5.92 Å². The van der Waals surface area contributed by atoms with Gasteiger partial charge in [-0.25, -0.2) is 0 Å². The summed E-state index contributed by atoms with van der Waals surface area (Å²) >= 11 is 1.99. The Balaban J connectivity index is 2.59. The minimum absolute atomic E-state index is 0.178. The lowest BCUT2D eigenvalue weighted by molar-refractivity contribution is 0.424. The molecule has 1 nitrogen and oxygen atoms in total. The van der Waals surface area contributed by atoms with Crippen molar-refractivity contribution in [3.05, 3.63) is 29.3 Å². The van der Waals surface area contributed by atoms with Crippen LogP contribution in [0.5, 0.6) is 0 Å². The number of nitrogens with one attached hydrogen (secondary N) is 1. The van der Waals surface area contributed by atoms with Crippen molar-refractivity contribution in [3.8, 4) is 0 Å². The Morgan fingerprint density at radius 2 is 1.95 bits per heavy atom.